The van der Waals surface area contributed by atoms with Crippen molar-refractivity contribution in [2.45, 2.75) is 37.6 Å². The van der Waals surface area contributed by atoms with Gasteiger partial charge >= 0.3 is 0 Å². The minimum absolute atomic E-state index is 0.164. The van der Waals surface area contributed by atoms with E-state index in [0.29, 0.717) is 18.3 Å². The highest BCUT2D eigenvalue weighted by Gasteiger charge is 2.27. The Balaban J connectivity index is 1.96. The van der Waals surface area contributed by atoms with Crippen LogP contribution in [0.3, 0.4) is 0 Å². The Hall–Kier alpha value is -1.11. The van der Waals surface area contributed by atoms with E-state index in [9.17, 15) is 8.42 Å². The molecule has 1 aliphatic carbocycles. The van der Waals surface area contributed by atoms with Gasteiger partial charge in [0.1, 0.15) is 4.90 Å². The van der Waals surface area contributed by atoms with Gasteiger partial charge in [-0.15, -0.1) is 0 Å². The van der Waals surface area contributed by atoms with Crippen LogP contribution in [0.2, 0.25) is 0 Å². The molecule has 0 aliphatic heterocycles. The number of nitrogens with zero attached hydrogens (tertiary/aromatic N) is 1. The van der Waals surface area contributed by atoms with E-state index in [0.717, 1.165) is 18.7 Å². The third kappa shape index (κ3) is 3.71. The number of aryl methyl sites for hydroxylation is 1. The smallest absolute Gasteiger partial charge is 0.242 e. The number of nitrogens with two attached hydrogens (primary N) is 1. The first kappa shape index (κ1) is 15.3. The van der Waals surface area contributed by atoms with Crippen molar-refractivity contribution in [2.75, 3.05) is 25.4 Å². The molecule has 0 atom stereocenters. The average molecular weight is 297 g/mol. The lowest BCUT2D eigenvalue weighted by Crippen LogP contribution is -2.36. The van der Waals surface area contributed by atoms with Crippen molar-refractivity contribution in [3.8, 4) is 0 Å². The van der Waals surface area contributed by atoms with Crippen LogP contribution in [-0.4, -0.2) is 39.0 Å². The number of nitrogens with one attached hydrogen (secondary N) is 1. The minimum Gasteiger partial charge on any atom is -0.398 e. The van der Waals surface area contributed by atoms with Crippen LogP contribution in [0.5, 0.6) is 0 Å². The van der Waals surface area contributed by atoms with E-state index < -0.39 is 10.0 Å². The summed E-state index contributed by atoms with van der Waals surface area (Å²) in [4.78, 5) is 2.47. The first-order valence-electron chi connectivity index (χ1n) is 7.04. The molecular weight excluding hydrogens is 274 g/mol. The molecule has 1 saturated carbocycles. The quantitative estimate of drug-likeness (QED) is 0.745. The predicted octanol–water partition coefficient (Wildman–Crippen LogP) is 1.34. The molecule has 0 bridgehead atoms. The molecule has 5 nitrogen and oxygen atoms in total. The van der Waals surface area contributed by atoms with Crippen LogP contribution < -0.4 is 10.5 Å². The van der Waals surface area contributed by atoms with Crippen LogP contribution in [0, 0.1) is 6.92 Å². The summed E-state index contributed by atoms with van der Waals surface area (Å²) in [7, 11) is -3.52. The number of sulfonamides is 1. The van der Waals surface area contributed by atoms with E-state index in [1.165, 1.54) is 12.8 Å². The van der Waals surface area contributed by atoms with Gasteiger partial charge in [0.15, 0.2) is 0 Å². The predicted molar refractivity (Wildman–Crippen MR) is 81.0 cm³/mol. The molecule has 0 spiro atoms. The highest BCUT2D eigenvalue weighted by atomic mass is 32.2. The molecule has 3 N–H and O–H groups in total. The number of hydrogen-bond acceptors (Lipinski definition) is 4. The van der Waals surface area contributed by atoms with Gasteiger partial charge in [-0.2, -0.15) is 0 Å². The Morgan fingerprint density at radius 3 is 2.65 bits per heavy atom. The van der Waals surface area contributed by atoms with Crippen LogP contribution in [0.4, 0.5) is 5.69 Å². The van der Waals surface area contributed by atoms with Gasteiger partial charge in [0.25, 0.3) is 0 Å². The highest BCUT2D eigenvalue weighted by Crippen LogP contribution is 2.26. The molecule has 0 aromatic heterocycles. The van der Waals surface area contributed by atoms with Gasteiger partial charge < -0.3 is 5.73 Å². The molecule has 1 aromatic carbocycles. The summed E-state index contributed by atoms with van der Waals surface area (Å²) in [5.74, 6) is 0. The standard InChI is InChI=1S/C14H23N3O2S/c1-3-17(12-5-6-12)9-8-16-20(18,19)14-7-4-11(2)10-13(14)15/h4,7,10,12,16H,3,5-6,8-9,15H2,1-2H3. The summed E-state index contributed by atoms with van der Waals surface area (Å²) in [6.07, 6.45) is 2.46. The fourth-order valence-corrected chi connectivity index (χ4v) is 3.48. The Morgan fingerprint density at radius 2 is 2.10 bits per heavy atom. The summed E-state index contributed by atoms with van der Waals surface area (Å²) < 4.78 is 27.1. The first-order chi connectivity index (χ1) is 9.44. The second-order valence-corrected chi connectivity index (χ2v) is 7.03. The Bertz CT molecular complexity index is 568. The molecule has 2 rings (SSSR count). The zero-order valence-corrected chi connectivity index (χ0v) is 12.9. The lowest BCUT2D eigenvalue weighted by molar-refractivity contribution is 0.282. The van der Waals surface area contributed by atoms with E-state index in [1.54, 1.807) is 18.2 Å². The molecule has 0 unspecified atom stereocenters. The average Bonchev–Trinajstić information content (AvgIpc) is 3.18. The second kappa shape index (κ2) is 6.11. The zero-order chi connectivity index (χ0) is 14.8. The third-order valence-corrected chi connectivity index (χ3v) is 5.15. The minimum atomic E-state index is -3.52. The normalized spacial score (nSPS) is 15.8. The summed E-state index contributed by atoms with van der Waals surface area (Å²) in [5, 5.41) is 0. The van der Waals surface area contributed by atoms with Crippen molar-refractivity contribution in [1.82, 2.24) is 9.62 Å². The maximum Gasteiger partial charge on any atom is 0.242 e. The molecule has 0 amide bonds. The highest BCUT2D eigenvalue weighted by molar-refractivity contribution is 7.89. The van der Waals surface area contributed by atoms with Gasteiger partial charge in [-0.25, -0.2) is 13.1 Å². The fourth-order valence-electron chi connectivity index (χ4n) is 2.35. The number of likely N-dealkylation sites (N-methyl/N-ethyl adjacent to an activating group) is 1. The topological polar surface area (TPSA) is 75.4 Å². The molecule has 0 heterocycles. The van der Waals surface area contributed by atoms with Crippen molar-refractivity contribution in [1.29, 1.82) is 0 Å². The number of anilines is 1. The zero-order valence-electron chi connectivity index (χ0n) is 12.1. The van der Waals surface area contributed by atoms with Crippen LogP contribution in [-0.2, 0) is 10.0 Å². The van der Waals surface area contributed by atoms with Gasteiger partial charge in [0.2, 0.25) is 10.0 Å². The Morgan fingerprint density at radius 1 is 1.40 bits per heavy atom. The SMILES string of the molecule is CCN(CCNS(=O)(=O)c1ccc(C)cc1N)C1CC1. The molecule has 20 heavy (non-hydrogen) atoms. The first-order valence-corrected chi connectivity index (χ1v) is 8.52. The monoisotopic (exact) mass is 297 g/mol. The maximum absolute atomic E-state index is 12.2. The Kier molecular flexibility index (Phi) is 4.67. The molecule has 6 heteroatoms. The lowest BCUT2D eigenvalue weighted by Gasteiger charge is -2.20. The van der Waals surface area contributed by atoms with Crippen LogP contribution in [0.25, 0.3) is 0 Å². The van der Waals surface area contributed by atoms with Gasteiger partial charge in [-0.3, -0.25) is 4.90 Å². The molecule has 1 aliphatic rings. The van der Waals surface area contributed by atoms with Crippen LogP contribution in [0.1, 0.15) is 25.3 Å². The summed E-state index contributed by atoms with van der Waals surface area (Å²) in [6, 6.07) is 5.64. The number of rotatable bonds is 7. The van der Waals surface area contributed by atoms with Crippen LogP contribution >= 0.6 is 0 Å². The number of nitrogen functional groups attached to an aromatic ring is 1. The number of benzene rings is 1. The molecule has 0 radical (unpaired) electrons. The van der Waals surface area contributed by atoms with Gasteiger partial charge in [-0.05, 0) is 44.0 Å². The van der Waals surface area contributed by atoms with E-state index in [-0.39, 0.29) is 4.90 Å². The lowest BCUT2D eigenvalue weighted by atomic mass is 10.2. The van der Waals surface area contributed by atoms with Crippen molar-refractivity contribution in [3.63, 3.8) is 0 Å². The van der Waals surface area contributed by atoms with Gasteiger partial charge in [-0.1, -0.05) is 13.0 Å². The largest absolute Gasteiger partial charge is 0.398 e. The van der Waals surface area contributed by atoms with E-state index >= 15 is 0 Å². The van der Waals surface area contributed by atoms with Crippen molar-refractivity contribution >= 4 is 15.7 Å². The van der Waals surface area contributed by atoms with Gasteiger partial charge in [0.05, 0.1) is 5.69 Å². The summed E-state index contributed by atoms with van der Waals surface area (Å²) in [5.41, 5.74) is 7.04. The van der Waals surface area contributed by atoms with Crippen molar-refractivity contribution in [3.05, 3.63) is 23.8 Å². The summed E-state index contributed by atoms with van der Waals surface area (Å²) >= 11 is 0. The molecule has 1 fully saturated rings. The molecule has 1 aromatic rings. The van der Waals surface area contributed by atoms with Gasteiger partial charge in [0, 0.05) is 19.1 Å². The number of hydrogen-bond donors (Lipinski definition) is 2. The van der Waals surface area contributed by atoms with Crippen molar-refractivity contribution < 1.29 is 8.42 Å². The maximum atomic E-state index is 12.2. The van der Waals surface area contributed by atoms with E-state index in [4.69, 9.17) is 5.73 Å². The molecular formula is C14H23N3O2S. The Labute approximate surface area is 121 Å². The van der Waals surface area contributed by atoms with E-state index in [2.05, 4.69) is 16.5 Å². The summed E-state index contributed by atoms with van der Waals surface area (Å²) in [6.45, 7) is 6.10. The van der Waals surface area contributed by atoms with E-state index in [1.807, 2.05) is 6.92 Å². The third-order valence-electron chi connectivity index (χ3n) is 3.62. The molecule has 0 saturated heterocycles. The van der Waals surface area contributed by atoms with Crippen molar-refractivity contribution in [2.24, 2.45) is 0 Å². The van der Waals surface area contributed by atoms with Crippen LogP contribution in [0.15, 0.2) is 23.1 Å². The second-order valence-electron chi connectivity index (χ2n) is 5.30. The fraction of sp³-hybridized carbons (Fsp3) is 0.571. The molecule has 112 valence electrons.